The normalized spacial score (nSPS) is 25.6. The van der Waals surface area contributed by atoms with E-state index in [9.17, 15) is 0 Å². The molecule has 2 N–H and O–H groups in total. The van der Waals surface area contributed by atoms with Crippen LogP contribution in [0.25, 0.3) is 0 Å². The van der Waals surface area contributed by atoms with Gasteiger partial charge in [-0.05, 0) is 18.6 Å². The molecule has 18 heavy (non-hydrogen) atoms. The number of nitrogens with two attached hydrogens (primary N) is 1. The molecule has 98 valence electrons. The Hall–Kier alpha value is -1.33. The molecule has 0 aliphatic carbocycles. The lowest BCUT2D eigenvalue weighted by Gasteiger charge is -2.32. The fraction of sp³-hybridized carbons (Fsp3) is 0.615. The van der Waals surface area contributed by atoms with Gasteiger partial charge in [0, 0.05) is 38.4 Å². The van der Waals surface area contributed by atoms with Crippen LogP contribution in [0, 0.1) is 0 Å². The van der Waals surface area contributed by atoms with Gasteiger partial charge in [0.15, 0.2) is 5.82 Å². The number of nitrogen functional groups attached to an aromatic ring is 1. The van der Waals surface area contributed by atoms with Crippen LogP contribution in [0.5, 0.6) is 0 Å². The summed E-state index contributed by atoms with van der Waals surface area (Å²) in [5, 5.41) is 0. The Balaban J connectivity index is 1.66. The van der Waals surface area contributed by atoms with Gasteiger partial charge in [-0.15, -0.1) is 0 Å². The van der Waals surface area contributed by atoms with Gasteiger partial charge < -0.3 is 15.4 Å². The summed E-state index contributed by atoms with van der Waals surface area (Å²) in [7, 11) is 0. The van der Waals surface area contributed by atoms with E-state index >= 15 is 0 Å². The number of hydrogen-bond acceptors (Lipinski definition) is 5. The van der Waals surface area contributed by atoms with Crippen molar-refractivity contribution in [2.45, 2.75) is 12.5 Å². The van der Waals surface area contributed by atoms with Crippen molar-refractivity contribution in [2.24, 2.45) is 0 Å². The first-order valence-electron chi connectivity index (χ1n) is 6.62. The predicted molar refractivity (Wildman–Crippen MR) is 71.7 cm³/mol. The number of pyridine rings is 1. The van der Waals surface area contributed by atoms with Crippen molar-refractivity contribution in [3.63, 3.8) is 0 Å². The molecule has 1 aromatic heterocycles. The minimum Gasteiger partial charge on any atom is -0.396 e. The van der Waals surface area contributed by atoms with E-state index in [0.29, 0.717) is 6.04 Å². The van der Waals surface area contributed by atoms with Crippen LogP contribution >= 0.6 is 0 Å². The molecule has 0 aromatic carbocycles. The molecule has 3 rings (SSSR count). The standard InChI is InChI=1S/C13H20N4O/c14-12-2-1-4-15-13(12)17-5-3-11(10-17)16-6-8-18-9-7-16/h1-2,4,11H,3,5-10,14H2. The largest absolute Gasteiger partial charge is 0.396 e. The van der Waals surface area contributed by atoms with Gasteiger partial charge in [-0.25, -0.2) is 4.98 Å². The maximum absolute atomic E-state index is 5.99. The summed E-state index contributed by atoms with van der Waals surface area (Å²) >= 11 is 0. The van der Waals surface area contributed by atoms with Gasteiger partial charge >= 0.3 is 0 Å². The fourth-order valence-electron chi connectivity index (χ4n) is 2.85. The zero-order chi connectivity index (χ0) is 12.4. The summed E-state index contributed by atoms with van der Waals surface area (Å²) in [4.78, 5) is 9.23. The lowest BCUT2D eigenvalue weighted by atomic mass is 10.2. The highest BCUT2D eigenvalue weighted by molar-refractivity contribution is 5.62. The van der Waals surface area contributed by atoms with Gasteiger partial charge in [0.1, 0.15) is 0 Å². The minimum absolute atomic E-state index is 0.621. The number of rotatable bonds is 2. The highest BCUT2D eigenvalue weighted by Crippen LogP contribution is 2.25. The average molecular weight is 248 g/mol. The van der Waals surface area contributed by atoms with E-state index in [1.165, 1.54) is 6.42 Å². The number of ether oxygens (including phenoxy) is 1. The summed E-state index contributed by atoms with van der Waals surface area (Å²) in [5.41, 5.74) is 6.76. The van der Waals surface area contributed by atoms with E-state index < -0.39 is 0 Å². The Morgan fingerprint density at radius 2 is 2.11 bits per heavy atom. The highest BCUT2D eigenvalue weighted by atomic mass is 16.5. The van der Waals surface area contributed by atoms with Crippen molar-refractivity contribution in [2.75, 3.05) is 50.0 Å². The molecule has 0 amide bonds. The number of aromatic nitrogens is 1. The molecule has 2 saturated heterocycles. The molecule has 0 spiro atoms. The Labute approximate surface area is 108 Å². The molecular weight excluding hydrogens is 228 g/mol. The van der Waals surface area contributed by atoms with E-state index in [1.54, 1.807) is 0 Å². The maximum Gasteiger partial charge on any atom is 0.151 e. The molecule has 1 unspecified atom stereocenters. The molecule has 0 radical (unpaired) electrons. The first kappa shape index (κ1) is 11.7. The Morgan fingerprint density at radius 1 is 1.28 bits per heavy atom. The molecule has 5 nitrogen and oxygen atoms in total. The Morgan fingerprint density at radius 3 is 2.89 bits per heavy atom. The zero-order valence-corrected chi connectivity index (χ0v) is 10.6. The van der Waals surface area contributed by atoms with Crippen molar-refractivity contribution in [3.8, 4) is 0 Å². The fourth-order valence-corrected chi connectivity index (χ4v) is 2.85. The van der Waals surface area contributed by atoms with Crippen LogP contribution in [0.1, 0.15) is 6.42 Å². The third-order valence-electron chi connectivity index (χ3n) is 3.84. The van der Waals surface area contributed by atoms with E-state index in [-0.39, 0.29) is 0 Å². The first-order valence-corrected chi connectivity index (χ1v) is 6.62. The second-order valence-corrected chi connectivity index (χ2v) is 4.95. The molecule has 1 aromatic rings. The SMILES string of the molecule is Nc1cccnc1N1CCC(N2CCOCC2)C1. The lowest BCUT2D eigenvalue weighted by molar-refractivity contribution is 0.0209. The van der Waals surface area contributed by atoms with Crippen molar-refractivity contribution >= 4 is 11.5 Å². The molecule has 2 aliphatic rings. The molecular formula is C13H20N4O. The topological polar surface area (TPSA) is 54.6 Å². The van der Waals surface area contributed by atoms with Crippen molar-refractivity contribution in [1.29, 1.82) is 0 Å². The lowest BCUT2D eigenvalue weighted by Crippen LogP contribution is -2.44. The number of nitrogens with zero attached hydrogens (tertiary/aromatic N) is 3. The quantitative estimate of drug-likeness (QED) is 0.829. The van der Waals surface area contributed by atoms with Gasteiger partial charge in [0.05, 0.1) is 18.9 Å². The zero-order valence-electron chi connectivity index (χ0n) is 10.6. The summed E-state index contributed by atoms with van der Waals surface area (Å²) < 4.78 is 5.40. The van der Waals surface area contributed by atoms with Gasteiger partial charge in [0.25, 0.3) is 0 Å². The van der Waals surface area contributed by atoms with E-state index in [0.717, 1.165) is 50.9 Å². The molecule has 0 saturated carbocycles. The molecule has 1 atom stereocenters. The van der Waals surface area contributed by atoms with Gasteiger partial charge in [0.2, 0.25) is 0 Å². The van der Waals surface area contributed by atoms with Gasteiger partial charge in [-0.2, -0.15) is 0 Å². The highest BCUT2D eigenvalue weighted by Gasteiger charge is 2.29. The van der Waals surface area contributed by atoms with Crippen LogP contribution in [0.4, 0.5) is 11.5 Å². The number of hydrogen-bond donors (Lipinski definition) is 1. The Kier molecular flexibility index (Phi) is 3.34. The van der Waals surface area contributed by atoms with Crippen LogP contribution in [-0.4, -0.2) is 55.3 Å². The summed E-state index contributed by atoms with van der Waals surface area (Å²) in [5.74, 6) is 0.938. The monoisotopic (exact) mass is 248 g/mol. The van der Waals surface area contributed by atoms with Gasteiger partial charge in [-0.1, -0.05) is 0 Å². The van der Waals surface area contributed by atoms with Crippen LogP contribution in [0.15, 0.2) is 18.3 Å². The molecule has 3 heterocycles. The van der Waals surface area contributed by atoms with Crippen molar-refractivity contribution in [1.82, 2.24) is 9.88 Å². The number of morpholine rings is 1. The first-order chi connectivity index (χ1) is 8.84. The summed E-state index contributed by atoms with van der Waals surface area (Å²) in [6.07, 6.45) is 3.00. The third-order valence-corrected chi connectivity index (χ3v) is 3.84. The summed E-state index contributed by atoms with van der Waals surface area (Å²) in [6.45, 7) is 5.90. The second-order valence-electron chi connectivity index (χ2n) is 4.95. The van der Waals surface area contributed by atoms with E-state index in [1.807, 2.05) is 18.3 Å². The average Bonchev–Trinajstić information content (AvgIpc) is 2.90. The summed E-state index contributed by atoms with van der Waals surface area (Å²) in [6, 6.07) is 4.42. The van der Waals surface area contributed by atoms with E-state index in [2.05, 4.69) is 14.8 Å². The number of anilines is 2. The Bertz CT molecular complexity index is 406. The molecule has 2 fully saturated rings. The third kappa shape index (κ3) is 2.28. The molecule has 0 bridgehead atoms. The van der Waals surface area contributed by atoms with Crippen molar-refractivity contribution < 1.29 is 4.74 Å². The van der Waals surface area contributed by atoms with Crippen LogP contribution < -0.4 is 10.6 Å². The molecule has 2 aliphatic heterocycles. The van der Waals surface area contributed by atoms with Crippen molar-refractivity contribution in [3.05, 3.63) is 18.3 Å². The van der Waals surface area contributed by atoms with Crippen LogP contribution in [-0.2, 0) is 4.74 Å². The minimum atomic E-state index is 0.621. The molecule has 5 heteroatoms. The second kappa shape index (κ2) is 5.12. The predicted octanol–water partition coefficient (Wildman–Crippen LogP) is 0.575. The smallest absolute Gasteiger partial charge is 0.151 e. The maximum atomic E-state index is 5.99. The van der Waals surface area contributed by atoms with Gasteiger partial charge in [-0.3, -0.25) is 4.90 Å². The van der Waals surface area contributed by atoms with Crippen LogP contribution in [0.3, 0.4) is 0 Å². The van der Waals surface area contributed by atoms with E-state index in [4.69, 9.17) is 10.5 Å². The van der Waals surface area contributed by atoms with Crippen LogP contribution in [0.2, 0.25) is 0 Å².